The van der Waals surface area contributed by atoms with Crippen LogP contribution in [0.5, 0.6) is 5.75 Å². The van der Waals surface area contributed by atoms with Gasteiger partial charge in [0.15, 0.2) is 0 Å². The molecular weight excluding hydrogens is 290 g/mol. The van der Waals surface area contributed by atoms with E-state index in [-0.39, 0.29) is 11.9 Å². The molecule has 1 amide bonds. The molecular formula is C18H23N3O2. The van der Waals surface area contributed by atoms with Gasteiger partial charge in [0.05, 0.1) is 19.3 Å². The molecule has 1 aliphatic carbocycles. The number of carbonyl (C=O) groups excluding carboxylic acids is 1. The molecule has 2 aromatic rings. The van der Waals surface area contributed by atoms with E-state index < -0.39 is 0 Å². The lowest BCUT2D eigenvalue weighted by Crippen LogP contribution is -2.30. The fourth-order valence-corrected chi connectivity index (χ4v) is 2.77. The van der Waals surface area contributed by atoms with Crippen LogP contribution in [0.4, 0.5) is 0 Å². The Morgan fingerprint density at radius 3 is 2.70 bits per heavy atom. The molecule has 1 atom stereocenters. The maximum absolute atomic E-state index is 12.3. The second-order valence-electron chi connectivity index (χ2n) is 6.19. The molecule has 23 heavy (non-hydrogen) atoms. The van der Waals surface area contributed by atoms with Crippen molar-refractivity contribution in [3.63, 3.8) is 0 Å². The van der Waals surface area contributed by atoms with E-state index in [1.54, 1.807) is 7.11 Å². The summed E-state index contributed by atoms with van der Waals surface area (Å²) in [5.74, 6) is 1.47. The Morgan fingerprint density at radius 2 is 2.13 bits per heavy atom. The van der Waals surface area contributed by atoms with E-state index in [1.807, 2.05) is 48.3 Å². The van der Waals surface area contributed by atoms with Crippen molar-refractivity contribution in [3.8, 4) is 5.75 Å². The van der Waals surface area contributed by atoms with Gasteiger partial charge in [-0.2, -0.15) is 5.10 Å². The number of hydrogen-bond acceptors (Lipinski definition) is 3. The van der Waals surface area contributed by atoms with Gasteiger partial charge in [-0.15, -0.1) is 0 Å². The van der Waals surface area contributed by atoms with Gasteiger partial charge in [-0.25, -0.2) is 0 Å². The van der Waals surface area contributed by atoms with Crippen molar-refractivity contribution in [2.24, 2.45) is 5.92 Å². The molecule has 0 radical (unpaired) electrons. The number of hydrogen-bond donors (Lipinski definition) is 1. The van der Waals surface area contributed by atoms with Crippen molar-refractivity contribution in [2.75, 3.05) is 7.11 Å². The van der Waals surface area contributed by atoms with Crippen molar-refractivity contribution in [1.82, 2.24) is 15.1 Å². The van der Waals surface area contributed by atoms with Crippen LogP contribution >= 0.6 is 0 Å². The predicted octanol–water partition coefficient (Wildman–Crippen LogP) is 2.86. The van der Waals surface area contributed by atoms with Crippen LogP contribution in [0.1, 0.15) is 36.4 Å². The number of nitrogens with one attached hydrogen (secondary N) is 1. The Morgan fingerprint density at radius 1 is 1.39 bits per heavy atom. The Kier molecular flexibility index (Phi) is 4.65. The molecule has 0 spiro atoms. The van der Waals surface area contributed by atoms with Gasteiger partial charge in [0, 0.05) is 19.2 Å². The van der Waals surface area contributed by atoms with Crippen molar-refractivity contribution >= 4 is 5.91 Å². The summed E-state index contributed by atoms with van der Waals surface area (Å²) < 4.78 is 7.01. The fourth-order valence-electron chi connectivity index (χ4n) is 2.77. The molecule has 1 fully saturated rings. The molecule has 1 saturated carbocycles. The molecule has 1 aromatic heterocycles. The van der Waals surface area contributed by atoms with Crippen molar-refractivity contribution in [2.45, 2.75) is 38.8 Å². The second-order valence-corrected chi connectivity index (χ2v) is 6.19. The van der Waals surface area contributed by atoms with Crippen molar-refractivity contribution in [1.29, 1.82) is 0 Å². The average molecular weight is 313 g/mol. The molecule has 1 aliphatic rings. The summed E-state index contributed by atoms with van der Waals surface area (Å²) >= 11 is 0. The van der Waals surface area contributed by atoms with Crippen LogP contribution in [-0.2, 0) is 11.3 Å². The lowest BCUT2D eigenvalue weighted by molar-refractivity contribution is -0.122. The van der Waals surface area contributed by atoms with Gasteiger partial charge in [0.2, 0.25) is 5.91 Å². The summed E-state index contributed by atoms with van der Waals surface area (Å²) in [4.78, 5) is 12.3. The summed E-state index contributed by atoms with van der Waals surface area (Å²) in [6.45, 7) is 2.61. The topological polar surface area (TPSA) is 56.1 Å². The minimum atomic E-state index is 0.0749. The monoisotopic (exact) mass is 313 g/mol. The molecule has 1 unspecified atom stereocenters. The third-order valence-electron chi connectivity index (χ3n) is 4.22. The number of nitrogens with zero attached hydrogens (tertiary/aromatic N) is 2. The van der Waals surface area contributed by atoms with E-state index in [9.17, 15) is 4.79 Å². The number of benzene rings is 1. The molecule has 1 N–H and O–H groups in total. The first-order chi connectivity index (χ1) is 11.2. The minimum Gasteiger partial charge on any atom is -0.497 e. The largest absolute Gasteiger partial charge is 0.497 e. The summed E-state index contributed by atoms with van der Waals surface area (Å²) in [7, 11) is 1.66. The summed E-state index contributed by atoms with van der Waals surface area (Å²) in [5.41, 5.74) is 2.26. The first-order valence-corrected chi connectivity index (χ1v) is 8.08. The fraction of sp³-hybridized carbons (Fsp3) is 0.444. The normalized spacial score (nSPS) is 15.2. The van der Waals surface area contributed by atoms with Gasteiger partial charge in [-0.1, -0.05) is 12.1 Å². The lowest BCUT2D eigenvalue weighted by Gasteiger charge is -2.19. The predicted molar refractivity (Wildman–Crippen MR) is 88.2 cm³/mol. The minimum absolute atomic E-state index is 0.0749. The summed E-state index contributed by atoms with van der Waals surface area (Å²) in [6.07, 6.45) is 6.56. The highest BCUT2D eigenvalue weighted by Gasteiger charge is 2.33. The molecule has 0 aliphatic heterocycles. The average Bonchev–Trinajstić information content (AvgIpc) is 3.32. The number of ether oxygens (including phenoxy) is 1. The molecule has 3 rings (SSSR count). The molecule has 1 aromatic carbocycles. The van der Waals surface area contributed by atoms with Gasteiger partial charge in [0.25, 0.3) is 0 Å². The van der Waals surface area contributed by atoms with E-state index >= 15 is 0 Å². The first-order valence-electron chi connectivity index (χ1n) is 8.08. The SMILES string of the molecule is COc1ccc(C(NC(=O)CCn2cc(C)cn2)C2CC2)cc1. The number of aromatic nitrogens is 2. The van der Waals surface area contributed by atoms with Crippen LogP contribution in [0.15, 0.2) is 36.7 Å². The van der Waals surface area contributed by atoms with Crippen LogP contribution in [-0.4, -0.2) is 22.8 Å². The van der Waals surface area contributed by atoms with Crippen molar-refractivity contribution < 1.29 is 9.53 Å². The smallest absolute Gasteiger partial charge is 0.222 e. The molecule has 5 nitrogen and oxygen atoms in total. The number of aryl methyl sites for hydroxylation is 2. The van der Waals surface area contributed by atoms with Gasteiger partial charge in [0.1, 0.15) is 5.75 Å². The highest BCUT2D eigenvalue weighted by Crippen LogP contribution is 2.41. The number of amides is 1. The first kappa shape index (κ1) is 15.6. The highest BCUT2D eigenvalue weighted by molar-refractivity contribution is 5.76. The van der Waals surface area contributed by atoms with E-state index in [4.69, 9.17) is 4.74 Å². The maximum atomic E-state index is 12.3. The van der Waals surface area contributed by atoms with Crippen LogP contribution in [0.25, 0.3) is 0 Å². The summed E-state index contributed by atoms with van der Waals surface area (Å²) in [6, 6.07) is 8.08. The molecule has 122 valence electrons. The summed E-state index contributed by atoms with van der Waals surface area (Å²) in [5, 5.41) is 7.40. The van der Waals surface area contributed by atoms with E-state index in [0.29, 0.717) is 18.9 Å². The molecule has 1 heterocycles. The Hall–Kier alpha value is -2.30. The van der Waals surface area contributed by atoms with E-state index in [1.165, 1.54) is 12.8 Å². The highest BCUT2D eigenvalue weighted by atomic mass is 16.5. The van der Waals surface area contributed by atoms with E-state index in [2.05, 4.69) is 10.4 Å². The van der Waals surface area contributed by atoms with Gasteiger partial charge < -0.3 is 10.1 Å². The van der Waals surface area contributed by atoms with Crippen LogP contribution < -0.4 is 10.1 Å². The lowest BCUT2D eigenvalue weighted by atomic mass is 10.0. The zero-order valence-corrected chi connectivity index (χ0v) is 13.7. The quantitative estimate of drug-likeness (QED) is 0.855. The van der Waals surface area contributed by atoms with Crippen LogP contribution in [0.2, 0.25) is 0 Å². The number of rotatable bonds is 7. The Labute approximate surface area is 136 Å². The number of carbonyl (C=O) groups is 1. The Balaban J connectivity index is 1.59. The second kappa shape index (κ2) is 6.86. The number of methoxy groups -OCH3 is 1. The van der Waals surface area contributed by atoms with E-state index in [0.717, 1.165) is 16.9 Å². The third-order valence-corrected chi connectivity index (χ3v) is 4.22. The van der Waals surface area contributed by atoms with Gasteiger partial charge >= 0.3 is 0 Å². The van der Waals surface area contributed by atoms with Gasteiger partial charge in [-0.05, 0) is 48.9 Å². The third kappa shape index (κ3) is 4.12. The molecule has 0 bridgehead atoms. The van der Waals surface area contributed by atoms with Crippen LogP contribution in [0, 0.1) is 12.8 Å². The molecule has 5 heteroatoms. The maximum Gasteiger partial charge on any atom is 0.222 e. The van der Waals surface area contributed by atoms with Gasteiger partial charge in [-0.3, -0.25) is 9.48 Å². The Bertz CT molecular complexity index is 659. The molecule has 0 saturated heterocycles. The standard InChI is InChI=1S/C18H23N3O2/c1-13-11-19-21(12-13)10-9-17(22)20-18(14-3-4-14)15-5-7-16(23-2)8-6-15/h5-8,11-12,14,18H,3-4,9-10H2,1-2H3,(H,20,22). The van der Waals surface area contributed by atoms with Crippen LogP contribution in [0.3, 0.4) is 0 Å². The van der Waals surface area contributed by atoms with Crippen molar-refractivity contribution in [3.05, 3.63) is 47.8 Å². The zero-order chi connectivity index (χ0) is 16.2. The zero-order valence-electron chi connectivity index (χ0n) is 13.7.